The summed E-state index contributed by atoms with van der Waals surface area (Å²) >= 11 is 0. The lowest BCUT2D eigenvalue weighted by molar-refractivity contribution is -0.0214. The Balaban J connectivity index is 1.54. The average molecular weight is 477 g/mol. The molecule has 0 spiro atoms. The third-order valence-electron chi connectivity index (χ3n) is 7.09. The van der Waals surface area contributed by atoms with Gasteiger partial charge in [0.05, 0.1) is 25.4 Å². The van der Waals surface area contributed by atoms with Gasteiger partial charge >= 0.3 is 0 Å². The number of hydrogen-bond acceptors (Lipinski definition) is 2. The molecule has 2 saturated heterocycles. The van der Waals surface area contributed by atoms with Gasteiger partial charge in [-0.2, -0.15) is 0 Å². The van der Waals surface area contributed by atoms with Gasteiger partial charge < -0.3 is 9.47 Å². The van der Waals surface area contributed by atoms with E-state index in [4.69, 9.17) is 9.47 Å². The third kappa shape index (κ3) is 5.08. The summed E-state index contributed by atoms with van der Waals surface area (Å²) in [5, 5.41) is 0. The first kappa shape index (κ1) is 24.9. The summed E-state index contributed by atoms with van der Waals surface area (Å²) in [5.41, 5.74) is -0.254. The van der Waals surface area contributed by atoms with Crippen molar-refractivity contribution in [2.75, 3.05) is 13.2 Å². The Kier molecular flexibility index (Phi) is 8.10. The van der Waals surface area contributed by atoms with Crippen LogP contribution in [0.2, 0.25) is 0 Å². The van der Waals surface area contributed by atoms with Crippen LogP contribution in [0.15, 0.2) is 36.4 Å². The van der Waals surface area contributed by atoms with Crippen LogP contribution in [0.25, 0.3) is 11.1 Å². The smallest absolute Gasteiger partial charge is 0.167 e. The van der Waals surface area contributed by atoms with Gasteiger partial charge in [-0.25, -0.2) is 17.6 Å². The van der Waals surface area contributed by atoms with Gasteiger partial charge in [-0.05, 0) is 50.5 Å². The predicted molar refractivity (Wildman–Crippen MR) is 125 cm³/mol. The van der Waals surface area contributed by atoms with Gasteiger partial charge in [0.15, 0.2) is 23.3 Å². The van der Waals surface area contributed by atoms with E-state index in [1.807, 2.05) is 19.1 Å². The molecule has 2 nitrogen and oxygen atoms in total. The first-order valence-electron chi connectivity index (χ1n) is 12.3. The number of hydrogen-bond donors (Lipinski definition) is 0. The summed E-state index contributed by atoms with van der Waals surface area (Å²) in [5.74, 6) is -4.29. The Labute approximate surface area is 199 Å². The van der Waals surface area contributed by atoms with Gasteiger partial charge in [-0.1, -0.05) is 49.8 Å². The molecule has 0 saturated carbocycles. The highest BCUT2D eigenvalue weighted by molar-refractivity contribution is 5.66. The van der Waals surface area contributed by atoms with Crippen LogP contribution in [0.5, 0.6) is 0 Å². The van der Waals surface area contributed by atoms with Crippen molar-refractivity contribution in [3.63, 3.8) is 0 Å². The number of rotatable bonds is 6. The summed E-state index contributed by atoms with van der Waals surface area (Å²) in [6.45, 7) is 4.81. The largest absolute Gasteiger partial charge is 0.374 e. The van der Waals surface area contributed by atoms with Gasteiger partial charge in [-0.3, -0.25) is 0 Å². The monoisotopic (exact) mass is 476 g/mol. The minimum absolute atomic E-state index is 0.0188. The highest BCUT2D eigenvalue weighted by atomic mass is 19.2. The second-order valence-corrected chi connectivity index (χ2v) is 9.39. The molecule has 2 heterocycles. The number of benzene rings is 2. The van der Waals surface area contributed by atoms with Crippen LogP contribution >= 0.6 is 0 Å². The third-order valence-corrected chi connectivity index (χ3v) is 7.09. The Hall–Kier alpha value is -2.18. The SMILES string of the molecule is C/C=C/C1CCC(c2ccc(-c3ccc(C4CCC(CCC)CO4)c(F)c3F)c(F)c2F)CO1. The zero-order valence-corrected chi connectivity index (χ0v) is 19.8. The lowest BCUT2D eigenvalue weighted by atomic mass is 9.88. The van der Waals surface area contributed by atoms with Crippen LogP contribution < -0.4 is 0 Å². The van der Waals surface area contributed by atoms with E-state index >= 15 is 8.78 Å². The molecule has 0 bridgehead atoms. The normalized spacial score (nSPS) is 25.7. The summed E-state index contributed by atoms with van der Waals surface area (Å²) in [6, 6.07) is 5.54. The van der Waals surface area contributed by atoms with E-state index in [1.165, 1.54) is 24.3 Å². The maximum Gasteiger partial charge on any atom is 0.167 e. The Morgan fingerprint density at radius 1 is 0.794 bits per heavy atom. The van der Waals surface area contributed by atoms with Crippen molar-refractivity contribution in [1.82, 2.24) is 0 Å². The van der Waals surface area contributed by atoms with E-state index in [-0.39, 0.29) is 40.9 Å². The molecule has 34 heavy (non-hydrogen) atoms. The van der Waals surface area contributed by atoms with Crippen molar-refractivity contribution in [2.24, 2.45) is 5.92 Å². The molecule has 0 radical (unpaired) electrons. The van der Waals surface area contributed by atoms with E-state index in [0.717, 1.165) is 19.3 Å². The van der Waals surface area contributed by atoms with Crippen LogP contribution in [-0.4, -0.2) is 19.3 Å². The predicted octanol–water partition coefficient (Wildman–Crippen LogP) is 8.02. The zero-order chi connectivity index (χ0) is 24.2. The Morgan fingerprint density at radius 2 is 1.47 bits per heavy atom. The molecule has 4 unspecified atom stereocenters. The summed E-state index contributed by atoms with van der Waals surface area (Å²) in [7, 11) is 0. The fraction of sp³-hybridized carbons (Fsp3) is 0.500. The van der Waals surface area contributed by atoms with Gasteiger partial charge in [0.25, 0.3) is 0 Å². The van der Waals surface area contributed by atoms with Gasteiger partial charge in [0, 0.05) is 22.6 Å². The first-order valence-corrected chi connectivity index (χ1v) is 12.3. The second kappa shape index (κ2) is 11.0. The molecule has 2 aliphatic heterocycles. The van der Waals surface area contributed by atoms with Crippen LogP contribution in [0.1, 0.15) is 75.5 Å². The van der Waals surface area contributed by atoms with Crippen LogP contribution in [0, 0.1) is 29.2 Å². The summed E-state index contributed by atoms with van der Waals surface area (Å²) in [6.07, 6.45) is 8.27. The van der Waals surface area contributed by atoms with Crippen molar-refractivity contribution in [3.05, 3.63) is 70.8 Å². The standard InChI is InChI=1S/C28H32F4O2/c1-3-5-17-7-14-24(34-15-17)23-13-12-22(27(31)28(23)32)21-11-10-20(25(29)26(21)30)18-8-9-19(6-4-2)33-16-18/h4,6,10-13,17-19,24H,3,5,7-9,14-16H2,1-2H3/b6-4+. The van der Waals surface area contributed by atoms with Crippen LogP contribution in [-0.2, 0) is 9.47 Å². The van der Waals surface area contributed by atoms with Crippen molar-refractivity contribution < 1.29 is 27.0 Å². The highest BCUT2D eigenvalue weighted by Crippen LogP contribution is 2.39. The van der Waals surface area contributed by atoms with Crippen molar-refractivity contribution in [2.45, 2.75) is 70.5 Å². The minimum Gasteiger partial charge on any atom is -0.374 e. The van der Waals surface area contributed by atoms with Crippen molar-refractivity contribution >= 4 is 0 Å². The van der Waals surface area contributed by atoms with Crippen molar-refractivity contribution in [1.29, 1.82) is 0 Å². The summed E-state index contributed by atoms with van der Waals surface area (Å²) < 4.78 is 71.6. The fourth-order valence-corrected chi connectivity index (χ4v) is 5.18. The van der Waals surface area contributed by atoms with E-state index < -0.39 is 29.4 Å². The van der Waals surface area contributed by atoms with E-state index in [0.29, 0.717) is 31.8 Å². The molecule has 0 N–H and O–H groups in total. The van der Waals surface area contributed by atoms with Crippen LogP contribution in [0.3, 0.4) is 0 Å². The van der Waals surface area contributed by atoms with Gasteiger partial charge in [-0.15, -0.1) is 0 Å². The lowest BCUT2D eigenvalue weighted by Gasteiger charge is -2.29. The fourth-order valence-electron chi connectivity index (χ4n) is 5.18. The van der Waals surface area contributed by atoms with Gasteiger partial charge in [0.2, 0.25) is 0 Å². The zero-order valence-electron chi connectivity index (χ0n) is 19.8. The molecule has 184 valence electrons. The molecule has 2 aromatic carbocycles. The molecule has 4 atom stereocenters. The quantitative estimate of drug-likeness (QED) is 0.310. The molecular formula is C28H32F4O2. The summed E-state index contributed by atoms with van der Waals surface area (Å²) in [4.78, 5) is 0. The van der Waals surface area contributed by atoms with Gasteiger partial charge in [0.1, 0.15) is 0 Å². The number of halogens is 4. The molecule has 2 aromatic rings. The lowest BCUT2D eigenvalue weighted by Crippen LogP contribution is -2.24. The molecule has 0 aromatic heterocycles. The molecule has 6 heteroatoms. The van der Waals surface area contributed by atoms with E-state index in [1.54, 1.807) is 0 Å². The average Bonchev–Trinajstić information content (AvgIpc) is 2.85. The highest BCUT2D eigenvalue weighted by Gasteiger charge is 2.29. The minimum atomic E-state index is -1.18. The molecule has 0 amide bonds. The Bertz CT molecular complexity index is 1020. The second-order valence-electron chi connectivity index (χ2n) is 9.39. The maximum absolute atomic E-state index is 15.0. The number of allylic oxidation sites excluding steroid dienone is 1. The molecule has 2 aliphatic rings. The molecule has 2 fully saturated rings. The van der Waals surface area contributed by atoms with Crippen molar-refractivity contribution in [3.8, 4) is 11.1 Å². The molecule has 4 rings (SSSR count). The molecular weight excluding hydrogens is 444 g/mol. The first-order chi connectivity index (χ1) is 16.4. The molecule has 0 aliphatic carbocycles. The number of ether oxygens (including phenoxy) is 2. The maximum atomic E-state index is 15.0. The van der Waals surface area contributed by atoms with Crippen LogP contribution in [0.4, 0.5) is 17.6 Å². The van der Waals surface area contributed by atoms with E-state index in [9.17, 15) is 8.78 Å². The Morgan fingerprint density at radius 3 is 2.03 bits per heavy atom. The van der Waals surface area contributed by atoms with E-state index in [2.05, 4.69) is 6.92 Å². The topological polar surface area (TPSA) is 18.5 Å².